The van der Waals surface area contributed by atoms with Gasteiger partial charge in [0.2, 0.25) is 5.91 Å². The third-order valence-corrected chi connectivity index (χ3v) is 4.59. The van der Waals surface area contributed by atoms with Crippen LogP contribution < -0.4 is 5.32 Å². The maximum Gasteiger partial charge on any atom is 0.242 e. The molecule has 1 aliphatic heterocycles. The number of fused-ring (bicyclic) bond motifs is 1. The molecule has 0 spiro atoms. The van der Waals surface area contributed by atoms with E-state index in [1.165, 1.54) is 11.1 Å². The number of halogens is 2. The lowest BCUT2D eigenvalue weighted by atomic mass is 10.00. The zero-order valence-electron chi connectivity index (χ0n) is 12.0. The molecular weight excluding hydrogens is 319 g/mol. The van der Waals surface area contributed by atoms with E-state index in [4.69, 9.17) is 23.2 Å². The largest absolute Gasteiger partial charge is 0.376 e. The maximum absolute atomic E-state index is 12.3. The van der Waals surface area contributed by atoms with Gasteiger partial charge in [-0.15, -0.1) is 0 Å². The SMILES string of the molecule is O=C(CNc1ccc(Cl)c(Cl)c1)N1CCc2ccccc2C1. The molecule has 2 aromatic rings. The number of benzene rings is 2. The monoisotopic (exact) mass is 334 g/mol. The van der Waals surface area contributed by atoms with Gasteiger partial charge in [-0.25, -0.2) is 0 Å². The van der Waals surface area contributed by atoms with Gasteiger partial charge >= 0.3 is 0 Å². The number of anilines is 1. The standard InChI is InChI=1S/C17H16Cl2N2O/c18-15-6-5-14(9-16(15)19)20-10-17(22)21-8-7-12-3-1-2-4-13(12)11-21/h1-6,9,20H,7-8,10-11H2. The van der Waals surface area contributed by atoms with Crippen LogP contribution in [0.25, 0.3) is 0 Å². The summed E-state index contributed by atoms with van der Waals surface area (Å²) < 4.78 is 0. The van der Waals surface area contributed by atoms with Crippen LogP contribution >= 0.6 is 23.2 Å². The molecule has 0 radical (unpaired) electrons. The van der Waals surface area contributed by atoms with E-state index in [9.17, 15) is 4.79 Å². The van der Waals surface area contributed by atoms with E-state index in [0.29, 0.717) is 16.6 Å². The molecule has 114 valence electrons. The van der Waals surface area contributed by atoms with Crippen molar-refractivity contribution in [3.05, 3.63) is 63.6 Å². The van der Waals surface area contributed by atoms with Crippen LogP contribution in [0.3, 0.4) is 0 Å². The van der Waals surface area contributed by atoms with Gasteiger partial charge in [0.1, 0.15) is 0 Å². The molecule has 3 nitrogen and oxygen atoms in total. The molecule has 0 aliphatic carbocycles. The number of hydrogen-bond donors (Lipinski definition) is 1. The molecule has 1 aliphatic rings. The summed E-state index contributed by atoms with van der Waals surface area (Å²) in [7, 11) is 0. The summed E-state index contributed by atoms with van der Waals surface area (Å²) in [6, 6.07) is 13.5. The van der Waals surface area contributed by atoms with Crippen LogP contribution in [0.1, 0.15) is 11.1 Å². The second kappa shape index (κ2) is 6.59. The summed E-state index contributed by atoms with van der Waals surface area (Å²) in [6.07, 6.45) is 0.911. The predicted octanol–water partition coefficient (Wildman–Crippen LogP) is 3.99. The number of amides is 1. The first-order chi connectivity index (χ1) is 10.6. The number of nitrogens with zero attached hydrogens (tertiary/aromatic N) is 1. The Morgan fingerprint density at radius 3 is 2.64 bits per heavy atom. The highest BCUT2D eigenvalue weighted by atomic mass is 35.5. The number of rotatable bonds is 3. The van der Waals surface area contributed by atoms with Gasteiger partial charge in [-0.1, -0.05) is 47.5 Å². The molecule has 0 atom stereocenters. The van der Waals surface area contributed by atoms with E-state index in [0.717, 1.165) is 18.7 Å². The fraction of sp³-hybridized carbons (Fsp3) is 0.235. The van der Waals surface area contributed by atoms with Gasteiger partial charge in [-0.2, -0.15) is 0 Å². The van der Waals surface area contributed by atoms with Gasteiger partial charge < -0.3 is 10.2 Å². The van der Waals surface area contributed by atoms with Crippen molar-refractivity contribution < 1.29 is 4.79 Å². The van der Waals surface area contributed by atoms with Crippen LogP contribution in [-0.2, 0) is 17.8 Å². The van der Waals surface area contributed by atoms with Crippen LogP contribution in [0.15, 0.2) is 42.5 Å². The molecule has 1 heterocycles. The second-order valence-electron chi connectivity index (χ2n) is 5.32. The summed E-state index contributed by atoms with van der Waals surface area (Å²) in [5.74, 6) is 0.0839. The van der Waals surface area contributed by atoms with E-state index < -0.39 is 0 Å². The van der Waals surface area contributed by atoms with Crippen molar-refractivity contribution in [2.75, 3.05) is 18.4 Å². The first kappa shape index (κ1) is 15.2. The summed E-state index contributed by atoms with van der Waals surface area (Å²) in [5.41, 5.74) is 3.36. The molecule has 3 rings (SSSR count). The number of hydrogen-bond acceptors (Lipinski definition) is 2. The van der Waals surface area contributed by atoms with Gasteiger partial charge in [-0.3, -0.25) is 4.79 Å². The lowest BCUT2D eigenvalue weighted by Gasteiger charge is -2.29. The highest BCUT2D eigenvalue weighted by Crippen LogP contribution is 2.25. The van der Waals surface area contributed by atoms with E-state index in [-0.39, 0.29) is 12.5 Å². The zero-order chi connectivity index (χ0) is 15.5. The van der Waals surface area contributed by atoms with E-state index in [2.05, 4.69) is 17.4 Å². The molecule has 0 aromatic heterocycles. The quantitative estimate of drug-likeness (QED) is 0.920. The average molecular weight is 335 g/mol. The Morgan fingerprint density at radius 1 is 1.09 bits per heavy atom. The van der Waals surface area contributed by atoms with Gasteiger partial charge in [0.15, 0.2) is 0 Å². The van der Waals surface area contributed by atoms with Crippen molar-refractivity contribution >= 4 is 34.8 Å². The highest BCUT2D eigenvalue weighted by molar-refractivity contribution is 6.42. The van der Waals surface area contributed by atoms with E-state index in [1.807, 2.05) is 23.1 Å². The number of nitrogens with one attached hydrogen (secondary N) is 1. The van der Waals surface area contributed by atoms with Crippen molar-refractivity contribution in [3.63, 3.8) is 0 Å². The van der Waals surface area contributed by atoms with Crippen LogP contribution in [0.4, 0.5) is 5.69 Å². The normalized spacial score (nSPS) is 13.6. The highest BCUT2D eigenvalue weighted by Gasteiger charge is 2.19. The lowest BCUT2D eigenvalue weighted by Crippen LogP contribution is -2.39. The van der Waals surface area contributed by atoms with Gasteiger partial charge in [0, 0.05) is 18.8 Å². The Balaban J connectivity index is 1.60. The molecular formula is C17H16Cl2N2O. The van der Waals surface area contributed by atoms with Crippen molar-refractivity contribution in [1.29, 1.82) is 0 Å². The first-order valence-electron chi connectivity index (χ1n) is 7.17. The molecule has 22 heavy (non-hydrogen) atoms. The van der Waals surface area contributed by atoms with Gasteiger partial charge in [0.25, 0.3) is 0 Å². The van der Waals surface area contributed by atoms with Crippen molar-refractivity contribution in [1.82, 2.24) is 4.90 Å². The summed E-state index contributed by atoms with van der Waals surface area (Å²) in [5, 5.41) is 4.08. The Kier molecular flexibility index (Phi) is 4.55. The zero-order valence-corrected chi connectivity index (χ0v) is 13.5. The fourth-order valence-corrected chi connectivity index (χ4v) is 2.90. The summed E-state index contributed by atoms with van der Waals surface area (Å²) in [6.45, 7) is 1.69. The van der Waals surface area contributed by atoms with Crippen LogP contribution in [0, 0.1) is 0 Å². The lowest BCUT2D eigenvalue weighted by molar-refractivity contribution is -0.130. The minimum absolute atomic E-state index is 0.0839. The van der Waals surface area contributed by atoms with Gasteiger partial charge in [0.05, 0.1) is 16.6 Å². The Labute approximate surface area is 139 Å². The summed E-state index contributed by atoms with van der Waals surface area (Å²) >= 11 is 11.8. The predicted molar refractivity (Wildman–Crippen MR) is 90.5 cm³/mol. The Morgan fingerprint density at radius 2 is 1.86 bits per heavy atom. The minimum atomic E-state index is 0.0839. The number of carbonyl (C=O) groups is 1. The molecule has 2 aromatic carbocycles. The first-order valence-corrected chi connectivity index (χ1v) is 7.92. The second-order valence-corrected chi connectivity index (χ2v) is 6.13. The van der Waals surface area contributed by atoms with Crippen LogP contribution in [-0.4, -0.2) is 23.9 Å². The molecule has 0 saturated heterocycles. The van der Waals surface area contributed by atoms with Gasteiger partial charge in [-0.05, 0) is 35.7 Å². The van der Waals surface area contributed by atoms with Crippen LogP contribution in [0.5, 0.6) is 0 Å². The minimum Gasteiger partial charge on any atom is -0.376 e. The number of carbonyl (C=O) groups excluding carboxylic acids is 1. The molecule has 5 heteroatoms. The fourth-order valence-electron chi connectivity index (χ4n) is 2.60. The Hall–Kier alpha value is -1.71. The molecule has 0 unspecified atom stereocenters. The smallest absolute Gasteiger partial charge is 0.242 e. The molecule has 0 saturated carbocycles. The summed E-state index contributed by atoms with van der Waals surface area (Å²) in [4.78, 5) is 14.2. The van der Waals surface area contributed by atoms with Crippen LogP contribution in [0.2, 0.25) is 10.0 Å². The third-order valence-electron chi connectivity index (χ3n) is 3.85. The maximum atomic E-state index is 12.3. The molecule has 0 fully saturated rings. The molecule has 1 amide bonds. The molecule has 1 N–H and O–H groups in total. The van der Waals surface area contributed by atoms with E-state index in [1.54, 1.807) is 12.1 Å². The molecule has 0 bridgehead atoms. The van der Waals surface area contributed by atoms with Crippen molar-refractivity contribution in [3.8, 4) is 0 Å². The third kappa shape index (κ3) is 3.37. The van der Waals surface area contributed by atoms with Crippen molar-refractivity contribution in [2.24, 2.45) is 0 Å². The van der Waals surface area contributed by atoms with E-state index >= 15 is 0 Å². The Bertz CT molecular complexity index is 703. The average Bonchev–Trinajstić information content (AvgIpc) is 2.55. The topological polar surface area (TPSA) is 32.3 Å². The van der Waals surface area contributed by atoms with Crippen molar-refractivity contribution in [2.45, 2.75) is 13.0 Å².